The van der Waals surface area contributed by atoms with E-state index in [0.717, 1.165) is 16.7 Å². The van der Waals surface area contributed by atoms with E-state index in [9.17, 15) is 23.5 Å². The minimum atomic E-state index is -1.60. The Morgan fingerprint density at radius 3 is 2.63 bits per heavy atom. The molecule has 0 saturated heterocycles. The molecule has 0 bridgehead atoms. The fourth-order valence-electron chi connectivity index (χ4n) is 2.73. The van der Waals surface area contributed by atoms with E-state index < -0.39 is 28.7 Å². The van der Waals surface area contributed by atoms with Crippen molar-refractivity contribution in [3.05, 3.63) is 75.1 Å². The van der Waals surface area contributed by atoms with Crippen molar-refractivity contribution in [3.8, 4) is 11.6 Å². The van der Waals surface area contributed by atoms with Gasteiger partial charge in [0.1, 0.15) is 29.7 Å². The van der Waals surface area contributed by atoms with Crippen LogP contribution in [0.5, 0.6) is 5.88 Å². The first kappa shape index (κ1) is 21.7. The number of rotatable bonds is 5. The highest BCUT2D eigenvalue weighted by atomic mass is 35.5. The standard InChI is InChI=1S/C20H18ClF2N3O4/c1-11-24-17(30-10-12-4-5-13(22)8-15(12)23)16(21)18(27)26(11)14-6-7-25(9-14)19(28)20(2,3)29/h4-9,29H,10H2,1-3H3. The van der Waals surface area contributed by atoms with Crippen LogP contribution in [0.15, 0.2) is 41.5 Å². The van der Waals surface area contributed by atoms with Crippen molar-refractivity contribution in [2.24, 2.45) is 0 Å². The molecule has 7 nitrogen and oxygen atoms in total. The maximum atomic E-state index is 13.8. The van der Waals surface area contributed by atoms with Gasteiger partial charge in [-0.1, -0.05) is 11.6 Å². The molecule has 0 unspecified atom stereocenters. The van der Waals surface area contributed by atoms with Gasteiger partial charge in [-0.3, -0.25) is 18.7 Å². The number of carbonyl (C=O) groups is 1. The van der Waals surface area contributed by atoms with Crippen LogP contribution in [0.4, 0.5) is 8.78 Å². The molecule has 1 N–H and O–H groups in total. The molecule has 0 atom stereocenters. The first-order chi connectivity index (χ1) is 14.0. The monoisotopic (exact) mass is 437 g/mol. The number of halogens is 3. The third kappa shape index (κ3) is 4.27. The van der Waals surface area contributed by atoms with Crippen LogP contribution < -0.4 is 10.3 Å². The van der Waals surface area contributed by atoms with Crippen LogP contribution in [-0.4, -0.2) is 30.7 Å². The first-order valence-corrected chi connectivity index (χ1v) is 9.18. The molecular weight excluding hydrogens is 420 g/mol. The van der Waals surface area contributed by atoms with Gasteiger partial charge < -0.3 is 9.84 Å². The Morgan fingerprint density at radius 2 is 2.00 bits per heavy atom. The third-order valence-electron chi connectivity index (χ3n) is 4.24. The third-order valence-corrected chi connectivity index (χ3v) is 4.56. The second-order valence-corrected chi connectivity index (χ2v) is 7.46. The Hall–Kier alpha value is -3.04. The lowest BCUT2D eigenvalue weighted by Crippen LogP contribution is -2.35. The highest BCUT2D eigenvalue weighted by molar-refractivity contribution is 6.31. The summed E-state index contributed by atoms with van der Waals surface area (Å²) in [6, 6.07) is 4.51. The van der Waals surface area contributed by atoms with Crippen LogP contribution in [0, 0.1) is 18.6 Å². The molecule has 0 radical (unpaired) electrons. The predicted octanol–water partition coefficient (Wildman–Crippen LogP) is 3.26. The molecule has 3 aromatic rings. The molecule has 0 saturated carbocycles. The van der Waals surface area contributed by atoms with E-state index in [4.69, 9.17) is 16.3 Å². The Labute approximate surface area is 175 Å². The molecule has 0 fully saturated rings. The zero-order valence-corrected chi connectivity index (χ0v) is 17.1. The van der Waals surface area contributed by atoms with Crippen LogP contribution in [0.2, 0.25) is 5.02 Å². The van der Waals surface area contributed by atoms with Gasteiger partial charge >= 0.3 is 0 Å². The maximum absolute atomic E-state index is 13.8. The second kappa shape index (κ2) is 8.00. The van der Waals surface area contributed by atoms with Gasteiger partial charge in [-0.15, -0.1) is 0 Å². The molecule has 158 valence electrons. The highest BCUT2D eigenvalue weighted by Gasteiger charge is 2.26. The number of nitrogens with zero attached hydrogens (tertiary/aromatic N) is 3. The number of benzene rings is 1. The van der Waals surface area contributed by atoms with E-state index in [1.54, 1.807) is 0 Å². The summed E-state index contributed by atoms with van der Waals surface area (Å²) in [5.74, 6) is -2.10. The maximum Gasteiger partial charge on any atom is 0.280 e. The van der Waals surface area contributed by atoms with Crippen molar-refractivity contribution in [1.82, 2.24) is 14.1 Å². The molecule has 30 heavy (non-hydrogen) atoms. The van der Waals surface area contributed by atoms with Gasteiger partial charge in [-0.05, 0) is 39.0 Å². The Kier molecular flexibility index (Phi) is 5.78. The predicted molar refractivity (Wildman–Crippen MR) is 105 cm³/mol. The Bertz CT molecular complexity index is 1180. The number of ether oxygens (including phenoxy) is 1. The van der Waals surface area contributed by atoms with Gasteiger partial charge in [0.25, 0.3) is 11.5 Å². The number of carbonyl (C=O) groups excluding carboxylic acids is 1. The average Bonchev–Trinajstić information content (AvgIpc) is 3.12. The highest BCUT2D eigenvalue weighted by Crippen LogP contribution is 2.22. The number of hydrogen-bond donors (Lipinski definition) is 1. The molecule has 0 amide bonds. The fourth-order valence-corrected chi connectivity index (χ4v) is 2.91. The minimum Gasteiger partial charge on any atom is -0.471 e. The van der Waals surface area contributed by atoms with E-state index in [-0.39, 0.29) is 28.9 Å². The normalized spacial score (nSPS) is 11.6. The van der Waals surface area contributed by atoms with Gasteiger partial charge in [-0.2, -0.15) is 4.98 Å². The molecular formula is C20H18ClF2N3O4. The van der Waals surface area contributed by atoms with E-state index in [2.05, 4.69) is 4.98 Å². The van der Waals surface area contributed by atoms with Gasteiger partial charge in [0.2, 0.25) is 5.88 Å². The summed E-state index contributed by atoms with van der Waals surface area (Å²) in [5.41, 5.74) is -1.88. The summed E-state index contributed by atoms with van der Waals surface area (Å²) < 4.78 is 34.5. The molecule has 0 aliphatic rings. The summed E-state index contributed by atoms with van der Waals surface area (Å²) in [4.78, 5) is 29.1. The molecule has 1 aromatic carbocycles. The van der Waals surface area contributed by atoms with Gasteiger partial charge in [0.05, 0.1) is 5.69 Å². The van der Waals surface area contributed by atoms with Crippen molar-refractivity contribution in [3.63, 3.8) is 0 Å². The summed E-state index contributed by atoms with van der Waals surface area (Å²) in [7, 11) is 0. The number of aromatic nitrogens is 3. The average molecular weight is 438 g/mol. The van der Waals surface area contributed by atoms with Gasteiger partial charge in [0, 0.05) is 24.0 Å². The number of hydrogen-bond acceptors (Lipinski definition) is 5. The summed E-state index contributed by atoms with van der Waals surface area (Å²) >= 11 is 6.11. The van der Waals surface area contributed by atoms with Crippen LogP contribution in [0.1, 0.15) is 30.0 Å². The molecule has 0 spiro atoms. The van der Waals surface area contributed by atoms with E-state index in [0.29, 0.717) is 5.69 Å². The first-order valence-electron chi connectivity index (χ1n) is 8.80. The van der Waals surface area contributed by atoms with E-state index >= 15 is 0 Å². The van der Waals surface area contributed by atoms with E-state index in [1.165, 1.54) is 49.9 Å². The van der Waals surface area contributed by atoms with Crippen LogP contribution in [0.25, 0.3) is 5.69 Å². The topological polar surface area (TPSA) is 86.4 Å². The Balaban J connectivity index is 1.91. The molecule has 2 heterocycles. The van der Waals surface area contributed by atoms with Crippen molar-refractivity contribution < 1.29 is 23.4 Å². The fraction of sp³-hybridized carbons (Fsp3) is 0.250. The molecule has 0 aliphatic carbocycles. The van der Waals surface area contributed by atoms with Crippen molar-refractivity contribution >= 4 is 17.5 Å². The summed E-state index contributed by atoms with van der Waals surface area (Å²) in [6.45, 7) is 3.91. The quantitative estimate of drug-likeness (QED) is 0.662. The number of aliphatic hydroxyl groups is 1. The van der Waals surface area contributed by atoms with Crippen molar-refractivity contribution in [1.29, 1.82) is 0 Å². The molecule has 2 aromatic heterocycles. The lowest BCUT2D eigenvalue weighted by molar-refractivity contribution is 0.0392. The van der Waals surface area contributed by atoms with Crippen LogP contribution in [-0.2, 0) is 6.61 Å². The van der Waals surface area contributed by atoms with Crippen LogP contribution in [0.3, 0.4) is 0 Å². The number of aryl methyl sites for hydroxylation is 1. The van der Waals surface area contributed by atoms with Crippen LogP contribution >= 0.6 is 11.6 Å². The van der Waals surface area contributed by atoms with E-state index in [1.807, 2.05) is 0 Å². The molecule has 0 aliphatic heterocycles. The van der Waals surface area contributed by atoms with Crippen molar-refractivity contribution in [2.45, 2.75) is 33.0 Å². The minimum absolute atomic E-state index is 0.0679. The lowest BCUT2D eigenvalue weighted by Gasteiger charge is -2.15. The SMILES string of the molecule is Cc1nc(OCc2ccc(F)cc2F)c(Cl)c(=O)n1-c1ccn(C(=O)C(C)(C)O)c1. The zero-order valence-electron chi connectivity index (χ0n) is 16.3. The lowest BCUT2D eigenvalue weighted by atomic mass is 10.1. The summed E-state index contributed by atoms with van der Waals surface area (Å²) in [5, 5.41) is 9.52. The second-order valence-electron chi connectivity index (χ2n) is 7.08. The Morgan fingerprint density at radius 1 is 1.30 bits per heavy atom. The van der Waals surface area contributed by atoms with Gasteiger partial charge in [0.15, 0.2) is 5.02 Å². The summed E-state index contributed by atoms with van der Waals surface area (Å²) in [6.07, 6.45) is 2.76. The largest absolute Gasteiger partial charge is 0.471 e. The smallest absolute Gasteiger partial charge is 0.280 e. The zero-order chi connectivity index (χ0) is 22.2. The molecule has 10 heteroatoms. The van der Waals surface area contributed by atoms with Gasteiger partial charge in [-0.25, -0.2) is 8.78 Å². The van der Waals surface area contributed by atoms with Crippen molar-refractivity contribution in [2.75, 3.05) is 0 Å². The molecule has 3 rings (SSSR count).